The number of unbranched alkanes of at least 4 members (excludes halogenated alkanes) is 1. The number of carbonyl (C=O) groups excluding carboxylic acids is 3. The molecule has 318 valence electrons. The van der Waals surface area contributed by atoms with Gasteiger partial charge in [-0.2, -0.15) is 0 Å². The lowest BCUT2D eigenvalue weighted by Gasteiger charge is -2.09. The first-order valence-corrected chi connectivity index (χ1v) is 21.4. The van der Waals surface area contributed by atoms with E-state index in [0.717, 1.165) is 60.5 Å². The number of nitrogens with zero attached hydrogens (tertiary/aromatic N) is 4. The third kappa shape index (κ3) is 12.5. The smallest absolute Gasteiger partial charge is 0.374 e. The molecule has 2 aliphatic rings. The second-order valence-electron chi connectivity index (χ2n) is 14.1. The molecule has 4 heterocycles. The molecule has 2 fully saturated rings. The number of Topliss-reactive ketones (excluding diaryl/α,β-unsaturated/α-hetero) is 1. The molecule has 2 saturated heterocycles. The molecule has 0 aliphatic carbocycles. The molecular formula is C45H40N4O11S2. The molecule has 0 saturated carbocycles. The third-order valence-electron chi connectivity index (χ3n) is 9.27. The maximum absolute atomic E-state index is 13.0. The highest BCUT2D eigenvalue weighted by atomic mass is 32.1. The fraction of sp³-hybridized carbons (Fsp3) is 0.267. The van der Waals surface area contributed by atoms with Crippen LogP contribution in [0.1, 0.15) is 64.8 Å². The minimum Gasteiger partial charge on any atom is -0.494 e. The van der Waals surface area contributed by atoms with Crippen LogP contribution in [0.25, 0.3) is 5.76 Å². The molecule has 17 heteroatoms. The number of rotatable bonds is 23. The van der Waals surface area contributed by atoms with Crippen LogP contribution in [0.4, 0.5) is 0 Å². The lowest BCUT2D eigenvalue weighted by Crippen LogP contribution is -2.08. The first-order valence-electron chi connectivity index (χ1n) is 19.8. The molecule has 6 aromatic rings. The molecule has 0 spiro atoms. The summed E-state index contributed by atoms with van der Waals surface area (Å²) < 4.78 is 44.3. The summed E-state index contributed by atoms with van der Waals surface area (Å²) in [6, 6.07) is 28.3. The summed E-state index contributed by atoms with van der Waals surface area (Å²) >= 11 is 1.92. The minimum atomic E-state index is -0.760. The van der Waals surface area contributed by atoms with Crippen LogP contribution in [0.5, 0.6) is 34.5 Å². The van der Waals surface area contributed by atoms with Crippen LogP contribution in [0, 0.1) is 0 Å². The maximum atomic E-state index is 13.0. The number of aromatic nitrogens is 4. The zero-order valence-corrected chi connectivity index (χ0v) is 34.9. The van der Waals surface area contributed by atoms with Crippen LogP contribution >= 0.6 is 22.7 Å². The largest absolute Gasteiger partial charge is 0.494 e. The summed E-state index contributed by atoms with van der Waals surface area (Å²) in [5.74, 6) is 1.80. The number of aryl methyl sites for hydroxylation is 1. The van der Waals surface area contributed by atoms with Crippen molar-refractivity contribution >= 4 is 46.2 Å². The van der Waals surface area contributed by atoms with E-state index >= 15 is 0 Å². The topological polar surface area (TPSA) is 183 Å². The van der Waals surface area contributed by atoms with Crippen LogP contribution in [0.2, 0.25) is 0 Å². The van der Waals surface area contributed by atoms with Crippen molar-refractivity contribution in [3.05, 3.63) is 135 Å². The minimum absolute atomic E-state index is 0.0950. The van der Waals surface area contributed by atoms with Gasteiger partial charge in [-0.1, -0.05) is 53.5 Å². The molecule has 2 aromatic heterocycles. The van der Waals surface area contributed by atoms with Gasteiger partial charge >= 0.3 is 11.9 Å². The van der Waals surface area contributed by atoms with Crippen molar-refractivity contribution in [2.75, 3.05) is 33.0 Å². The SMILES string of the molecule is C=C(Oc1ccc(CCC2CO2)cc1)c1nnc(C(=O)Cc2ccc(OCCCCOc3ccc(OC(=O)c4nnc(C(=O)Oc5ccc(OCC6CO6)cc5)s4)cc3)cc2)s1. The quantitative estimate of drug-likeness (QED) is 0.0153. The van der Waals surface area contributed by atoms with Gasteiger partial charge < -0.3 is 37.9 Å². The van der Waals surface area contributed by atoms with Gasteiger partial charge in [0.25, 0.3) is 0 Å². The Kier molecular flexibility index (Phi) is 13.8. The first-order chi connectivity index (χ1) is 30.3. The van der Waals surface area contributed by atoms with Crippen molar-refractivity contribution < 1.29 is 52.3 Å². The number of epoxide rings is 2. The normalized spacial score (nSPS) is 15.0. The Bertz CT molecular complexity index is 2290. The highest BCUT2D eigenvalue weighted by molar-refractivity contribution is 7.15. The summed E-state index contributed by atoms with van der Waals surface area (Å²) in [7, 11) is 0. The molecule has 4 aromatic carbocycles. The van der Waals surface area contributed by atoms with Crippen molar-refractivity contribution in [1.82, 2.24) is 20.4 Å². The van der Waals surface area contributed by atoms with Gasteiger partial charge in [-0.3, -0.25) is 4.79 Å². The molecule has 0 amide bonds. The Balaban J connectivity index is 0.690. The van der Waals surface area contributed by atoms with Crippen molar-refractivity contribution in [3.8, 4) is 34.5 Å². The number of benzene rings is 4. The van der Waals surface area contributed by atoms with Gasteiger partial charge in [0.2, 0.25) is 10.0 Å². The van der Waals surface area contributed by atoms with E-state index in [-0.39, 0.29) is 39.1 Å². The van der Waals surface area contributed by atoms with Crippen molar-refractivity contribution in [3.63, 3.8) is 0 Å². The molecular weight excluding hydrogens is 837 g/mol. The van der Waals surface area contributed by atoms with Gasteiger partial charge in [-0.05, 0) is 110 Å². The van der Waals surface area contributed by atoms with E-state index in [0.29, 0.717) is 72.0 Å². The third-order valence-corrected chi connectivity index (χ3v) is 11.2. The molecule has 2 unspecified atom stereocenters. The van der Waals surface area contributed by atoms with Crippen LogP contribution in [-0.4, -0.2) is 83.4 Å². The Morgan fingerprint density at radius 2 is 0.984 bits per heavy atom. The zero-order valence-electron chi connectivity index (χ0n) is 33.3. The molecule has 8 rings (SSSR count). The Morgan fingerprint density at radius 3 is 1.55 bits per heavy atom. The molecule has 2 atom stereocenters. The molecule has 62 heavy (non-hydrogen) atoms. The van der Waals surface area contributed by atoms with E-state index in [1.165, 1.54) is 5.56 Å². The van der Waals surface area contributed by atoms with E-state index in [9.17, 15) is 14.4 Å². The highest BCUT2D eigenvalue weighted by Gasteiger charge is 2.24. The number of carbonyl (C=O) groups is 3. The zero-order chi connectivity index (χ0) is 42.7. The number of esters is 2. The van der Waals surface area contributed by atoms with E-state index in [1.807, 2.05) is 48.5 Å². The fourth-order valence-electron chi connectivity index (χ4n) is 5.72. The lowest BCUT2D eigenvalue weighted by atomic mass is 10.1. The van der Waals surface area contributed by atoms with Crippen molar-refractivity contribution in [1.29, 1.82) is 0 Å². The molecule has 2 aliphatic heterocycles. The first kappa shape index (κ1) is 42.2. The molecule has 0 radical (unpaired) electrons. The number of hydrogen-bond donors (Lipinski definition) is 0. The predicted octanol–water partition coefficient (Wildman–Crippen LogP) is 7.65. The molecule has 15 nitrogen and oxygen atoms in total. The van der Waals surface area contributed by atoms with Gasteiger partial charge in [0.1, 0.15) is 47.2 Å². The van der Waals surface area contributed by atoms with E-state index in [2.05, 4.69) is 27.0 Å². The average molecular weight is 877 g/mol. The Morgan fingerprint density at radius 1 is 0.548 bits per heavy atom. The van der Waals surface area contributed by atoms with E-state index < -0.39 is 11.9 Å². The lowest BCUT2D eigenvalue weighted by molar-refractivity contribution is 0.0722. The predicted molar refractivity (Wildman–Crippen MR) is 227 cm³/mol. The Hall–Kier alpha value is -6.53. The number of ketones is 1. The summed E-state index contributed by atoms with van der Waals surface area (Å²) in [5, 5.41) is 16.3. The van der Waals surface area contributed by atoms with Gasteiger partial charge in [-0.25, -0.2) is 9.59 Å². The summed E-state index contributed by atoms with van der Waals surface area (Å²) in [4.78, 5) is 38.2. The monoisotopic (exact) mass is 876 g/mol. The van der Waals surface area contributed by atoms with Crippen LogP contribution in [0.3, 0.4) is 0 Å². The summed E-state index contributed by atoms with van der Waals surface area (Å²) in [5.41, 5.74) is 2.04. The van der Waals surface area contributed by atoms with Crippen molar-refractivity contribution in [2.45, 2.75) is 44.3 Å². The number of ether oxygens (including phenoxy) is 8. The van der Waals surface area contributed by atoms with Crippen LogP contribution in [-0.2, 0) is 22.3 Å². The van der Waals surface area contributed by atoms with Gasteiger partial charge in [0.05, 0.1) is 32.5 Å². The van der Waals surface area contributed by atoms with Gasteiger partial charge in [-0.15, -0.1) is 20.4 Å². The maximum Gasteiger partial charge on any atom is 0.374 e. The Labute approximate surface area is 364 Å². The molecule has 0 N–H and O–H groups in total. The van der Waals surface area contributed by atoms with Crippen LogP contribution < -0.4 is 28.4 Å². The van der Waals surface area contributed by atoms with E-state index in [4.69, 9.17) is 37.9 Å². The highest BCUT2D eigenvalue weighted by Crippen LogP contribution is 2.26. The average Bonchev–Trinajstić information content (AvgIpc) is 4.20. The second-order valence-corrected chi connectivity index (χ2v) is 16.1. The fourth-order valence-corrected chi connectivity index (χ4v) is 7.00. The summed E-state index contributed by atoms with van der Waals surface area (Å²) in [6.07, 6.45) is 4.17. The summed E-state index contributed by atoms with van der Waals surface area (Å²) in [6.45, 7) is 6.93. The van der Waals surface area contributed by atoms with Gasteiger partial charge in [0.15, 0.2) is 21.6 Å². The van der Waals surface area contributed by atoms with Crippen molar-refractivity contribution in [2.24, 2.45) is 0 Å². The second kappa shape index (κ2) is 20.4. The standard InChI is InChI=1S/C45H40N4O11S2/c1-28(58-34-11-4-29(5-12-34)6-13-37-25-56-37)40-46-47-41(61-40)39(50)24-30-7-9-31(10-8-30)53-22-2-3-23-54-32-14-18-35(19-15-32)59-44(51)42-48-49-43(62-42)45(52)60-36-20-16-33(17-21-36)55-26-38-27-57-38/h4-5,7-12,14-21,37-38H,1-3,6,13,22-27H2. The van der Waals surface area contributed by atoms with Crippen LogP contribution in [0.15, 0.2) is 104 Å². The van der Waals surface area contributed by atoms with Gasteiger partial charge in [0, 0.05) is 6.42 Å². The van der Waals surface area contributed by atoms with E-state index in [1.54, 1.807) is 48.5 Å². The molecule has 0 bridgehead atoms. The number of hydrogen-bond acceptors (Lipinski definition) is 17.